The van der Waals surface area contributed by atoms with Gasteiger partial charge in [0.2, 0.25) is 10.0 Å². The lowest BCUT2D eigenvalue weighted by Gasteiger charge is -2.27. The number of aryl methyl sites for hydroxylation is 1. The van der Waals surface area contributed by atoms with Gasteiger partial charge in [0, 0.05) is 13.1 Å². The molecule has 0 unspecified atom stereocenters. The van der Waals surface area contributed by atoms with Crippen LogP contribution in [0.3, 0.4) is 0 Å². The number of likely N-dealkylation sites (N-methyl/N-ethyl adjacent to an activating group) is 1. The number of para-hydroxylation sites is 1. The van der Waals surface area contributed by atoms with Crippen LogP contribution in [0, 0.1) is 6.92 Å². The highest BCUT2D eigenvalue weighted by atomic mass is 32.2. The average molecular weight is 399 g/mol. The molecule has 1 aromatic heterocycles. The maximum atomic E-state index is 12.7. The standard InChI is InChI=1S/C19H21N5O3S/c1-14-17(22-24(21-14)15-6-4-3-5-7-15)13-20-28(25,26)16-8-9-18-19(12-16)27-11-10-23(18)2/h3-9,12,20H,10-11,13H2,1-2H3. The van der Waals surface area contributed by atoms with Gasteiger partial charge in [0.25, 0.3) is 0 Å². The van der Waals surface area contributed by atoms with E-state index in [-0.39, 0.29) is 11.4 Å². The van der Waals surface area contributed by atoms with Crippen LogP contribution in [0.2, 0.25) is 0 Å². The molecule has 0 spiro atoms. The molecule has 1 aliphatic heterocycles. The van der Waals surface area contributed by atoms with E-state index in [1.54, 1.807) is 25.1 Å². The zero-order chi connectivity index (χ0) is 19.7. The van der Waals surface area contributed by atoms with Crippen LogP contribution in [0.5, 0.6) is 5.75 Å². The van der Waals surface area contributed by atoms with Crippen molar-refractivity contribution in [3.63, 3.8) is 0 Å². The molecule has 28 heavy (non-hydrogen) atoms. The van der Waals surface area contributed by atoms with Crippen molar-refractivity contribution in [2.45, 2.75) is 18.4 Å². The lowest BCUT2D eigenvalue weighted by molar-refractivity contribution is 0.310. The Labute approximate surface area is 163 Å². The number of aromatic nitrogens is 3. The summed E-state index contributed by atoms with van der Waals surface area (Å²) in [5.41, 5.74) is 2.94. The fraction of sp³-hybridized carbons (Fsp3) is 0.263. The number of fused-ring (bicyclic) bond motifs is 1. The van der Waals surface area contributed by atoms with Gasteiger partial charge in [-0.05, 0) is 31.2 Å². The van der Waals surface area contributed by atoms with Crippen LogP contribution >= 0.6 is 0 Å². The second kappa shape index (κ2) is 7.25. The third-order valence-corrected chi connectivity index (χ3v) is 6.03. The summed E-state index contributed by atoms with van der Waals surface area (Å²) in [5.74, 6) is 0.572. The molecule has 0 fully saturated rings. The molecule has 0 saturated carbocycles. The summed E-state index contributed by atoms with van der Waals surface area (Å²) >= 11 is 0. The maximum Gasteiger partial charge on any atom is 0.241 e. The van der Waals surface area contributed by atoms with Gasteiger partial charge in [0.15, 0.2) is 0 Å². The summed E-state index contributed by atoms with van der Waals surface area (Å²) in [6.45, 7) is 3.16. The molecule has 2 aromatic carbocycles. The van der Waals surface area contributed by atoms with Crippen molar-refractivity contribution in [1.29, 1.82) is 0 Å². The monoisotopic (exact) mass is 399 g/mol. The van der Waals surface area contributed by atoms with Crippen molar-refractivity contribution in [2.24, 2.45) is 0 Å². The van der Waals surface area contributed by atoms with Crippen LogP contribution in [-0.4, -0.2) is 43.6 Å². The van der Waals surface area contributed by atoms with E-state index in [9.17, 15) is 8.42 Å². The first kappa shape index (κ1) is 18.5. The lowest BCUT2D eigenvalue weighted by Crippen LogP contribution is -2.29. The molecular weight excluding hydrogens is 378 g/mol. The van der Waals surface area contributed by atoms with E-state index in [1.165, 1.54) is 4.80 Å². The second-order valence-corrected chi connectivity index (χ2v) is 8.35. The van der Waals surface area contributed by atoms with Crippen molar-refractivity contribution >= 4 is 15.7 Å². The molecule has 0 amide bonds. The molecule has 0 aliphatic carbocycles. The number of nitrogens with one attached hydrogen (secondary N) is 1. The smallest absolute Gasteiger partial charge is 0.241 e. The predicted octanol–water partition coefficient (Wildman–Crippen LogP) is 1.88. The zero-order valence-corrected chi connectivity index (χ0v) is 16.5. The zero-order valence-electron chi connectivity index (χ0n) is 15.7. The molecule has 3 aromatic rings. The van der Waals surface area contributed by atoms with Gasteiger partial charge in [0.1, 0.15) is 18.1 Å². The Bertz CT molecular complexity index is 1100. The Morgan fingerprint density at radius 3 is 2.71 bits per heavy atom. The van der Waals surface area contributed by atoms with Gasteiger partial charge in [0.05, 0.1) is 35.1 Å². The van der Waals surface area contributed by atoms with E-state index in [2.05, 4.69) is 14.9 Å². The molecule has 9 heteroatoms. The summed E-state index contributed by atoms with van der Waals surface area (Å²) in [5, 5.41) is 8.77. The minimum atomic E-state index is -3.71. The number of anilines is 1. The van der Waals surface area contributed by atoms with E-state index in [4.69, 9.17) is 4.74 Å². The van der Waals surface area contributed by atoms with Crippen LogP contribution in [0.1, 0.15) is 11.4 Å². The summed E-state index contributed by atoms with van der Waals surface area (Å²) in [6, 6.07) is 14.4. The van der Waals surface area contributed by atoms with Crippen LogP contribution < -0.4 is 14.4 Å². The van der Waals surface area contributed by atoms with Crippen molar-refractivity contribution in [3.8, 4) is 11.4 Å². The van der Waals surface area contributed by atoms with Crippen molar-refractivity contribution < 1.29 is 13.2 Å². The highest BCUT2D eigenvalue weighted by Gasteiger charge is 2.21. The Hall–Kier alpha value is -2.91. The fourth-order valence-electron chi connectivity index (χ4n) is 3.00. The number of hydrogen-bond acceptors (Lipinski definition) is 6. The summed E-state index contributed by atoms with van der Waals surface area (Å²) in [6.07, 6.45) is 0. The third kappa shape index (κ3) is 3.58. The summed E-state index contributed by atoms with van der Waals surface area (Å²) in [4.78, 5) is 3.70. The molecule has 0 radical (unpaired) electrons. The lowest BCUT2D eigenvalue weighted by atomic mass is 10.2. The van der Waals surface area contributed by atoms with Gasteiger partial charge < -0.3 is 9.64 Å². The minimum Gasteiger partial charge on any atom is -0.490 e. The van der Waals surface area contributed by atoms with Crippen LogP contribution in [0.15, 0.2) is 53.4 Å². The molecule has 1 N–H and O–H groups in total. The van der Waals surface area contributed by atoms with Gasteiger partial charge in [-0.2, -0.15) is 15.0 Å². The SMILES string of the molecule is Cc1nn(-c2ccccc2)nc1CNS(=O)(=O)c1ccc2c(c1)OCCN2C. The number of nitrogens with zero attached hydrogens (tertiary/aromatic N) is 4. The third-order valence-electron chi connectivity index (χ3n) is 4.63. The first-order valence-electron chi connectivity index (χ1n) is 8.90. The van der Waals surface area contributed by atoms with E-state index >= 15 is 0 Å². The van der Waals surface area contributed by atoms with Crippen LogP contribution in [0.4, 0.5) is 5.69 Å². The Balaban J connectivity index is 1.53. The average Bonchev–Trinajstić information content (AvgIpc) is 3.08. The van der Waals surface area contributed by atoms with Crippen molar-refractivity contribution in [3.05, 3.63) is 59.9 Å². The quantitative estimate of drug-likeness (QED) is 0.705. The number of sulfonamides is 1. The first-order valence-corrected chi connectivity index (χ1v) is 10.4. The summed E-state index contributed by atoms with van der Waals surface area (Å²) in [7, 11) is -1.76. The molecular formula is C19H21N5O3S. The van der Waals surface area contributed by atoms with Crippen molar-refractivity contribution in [2.75, 3.05) is 25.1 Å². The fourth-order valence-corrected chi connectivity index (χ4v) is 4.00. The molecule has 4 rings (SSSR count). The molecule has 146 valence electrons. The number of rotatable bonds is 5. The number of ether oxygens (including phenoxy) is 1. The Morgan fingerprint density at radius 2 is 1.93 bits per heavy atom. The van der Waals surface area contributed by atoms with E-state index < -0.39 is 10.0 Å². The molecule has 0 bridgehead atoms. The predicted molar refractivity (Wildman–Crippen MR) is 105 cm³/mol. The van der Waals surface area contributed by atoms with Gasteiger partial charge >= 0.3 is 0 Å². The number of hydrogen-bond donors (Lipinski definition) is 1. The maximum absolute atomic E-state index is 12.7. The molecule has 0 saturated heterocycles. The van der Waals surface area contributed by atoms with Crippen LogP contribution in [0.25, 0.3) is 5.69 Å². The first-order chi connectivity index (χ1) is 13.4. The van der Waals surface area contributed by atoms with Crippen molar-refractivity contribution in [1.82, 2.24) is 19.7 Å². The topological polar surface area (TPSA) is 89.3 Å². The molecule has 2 heterocycles. The normalized spacial score (nSPS) is 13.9. The highest BCUT2D eigenvalue weighted by Crippen LogP contribution is 2.32. The second-order valence-electron chi connectivity index (χ2n) is 6.58. The van der Waals surface area contributed by atoms with Gasteiger partial charge in [-0.15, -0.1) is 0 Å². The van der Waals surface area contributed by atoms with Crippen LogP contribution in [-0.2, 0) is 16.6 Å². The van der Waals surface area contributed by atoms with Gasteiger partial charge in [-0.3, -0.25) is 0 Å². The Kier molecular flexibility index (Phi) is 4.78. The highest BCUT2D eigenvalue weighted by molar-refractivity contribution is 7.89. The van der Waals surface area contributed by atoms with E-state index in [0.29, 0.717) is 23.7 Å². The molecule has 1 aliphatic rings. The van der Waals surface area contributed by atoms with Gasteiger partial charge in [-0.1, -0.05) is 18.2 Å². The molecule has 8 nitrogen and oxygen atoms in total. The van der Waals surface area contributed by atoms with E-state index in [0.717, 1.165) is 17.9 Å². The number of benzene rings is 2. The Morgan fingerprint density at radius 1 is 1.14 bits per heavy atom. The van der Waals surface area contributed by atoms with Gasteiger partial charge in [-0.25, -0.2) is 13.1 Å². The largest absolute Gasteiger partial charge is 0.490 e. The van der Waals surface area contributed by atoms with E-state index in [1.807, 2.05) is 42.3 Å². The summed E-state index contributed by atoms with van der Waals surface area (Å²) < 4.78 is 33.7. The molecule has 0 atom stereocenters. The minimum absolute atomic E-state index is 0.0544.